The zero-order valence-corrected chi connectivity index (χ0v) is 11.0. The fraction of sp³-hybridized carbons (Fsp3) is 0.583. The molecule has 7 nitrogen and oxygen atoms in total. The number of aryl methyl sites for hydroxylation is 1. The first-order valence-electron chi connectivity index (χ1n) is 6.35. The standard InChI is InChI=1S/C12H17N5O2/c1-13-10-3-4-18-7-9(10)12-15-11(16-19-12)8-5-14-17(2)6-8/h5-6,9-10,13H,3-4,7H2,1-2H3. The highest BCUT2D eigenvalue weighted by atomic mass is 16.5. The van der Waals surface area contributed by atoms with Crippen LogP contribution in [-0.2, 0) is 11.8 Å². The maximum absolute atomic E-state index is 5.50. The van der Waals surface area contributed by atoms with Crippen molar-refractivity contribution in [2.75, 3.05) is 20.3 Å². The second kappa shape index (κ2) is 5.10. The molecule has 102 valence electrons. The van der Waals surface area contributed by atoms with Crippen molar-refractivity contribution in [2.45, 2.75) is 18.4 Å². The van der Waals surface area contributed by atoms with Crippen molar-refractivity contribution in [3.05, 3.63) is 18.3 Å². The molecule has 19 heavy (non-hydrogen) atoms. The van der Waals surface area contributed by atoms with E-state index in [1.54, 1.807) is 10.9 Å². The average molecular weight is 263 g/mol. The van der Waals surface area contributed by atoms with Crippen LogP contribution in [0.4, 0.5) is 0 Å². The van der Waals surface area contributed by atoms with Crippen molar-refractivity contribution in [3.8, 4) is 11.4 Å². The summed E-state index contributed by atoms with van der Waals surface area (Å²) in [5.74, 6) is 1.30. The summed E-state index contributed by atoms with van der Waals surface area (Å²) in [7, 11) is 3.80. The Balaban J connectivity index is 1.84. The number of ether oxygens (including phenoxy) is 1. The molecule has 0 radical (unpaired) electrons. The lowest BCUT2D eigenvalue weighted by atomic mass is 9.96. The van der Waals surface area contributed by atoms with Crippen LogP contribution in [-0.4, -0.2) is 46.2 Å². The molecule has 2 atom stereocenters. The number of hydrogen-bond donors (Lipinski definition) is 1. The average Bonchev–Trinajstić information content (AvgIpc) is 3.07. The fourth-order valence-electron chi connectivity index (χ4n) is 2.37. The molecule has 0 aromatic carbocycles. The molecule has 0 spiro atoms. The van der Waals surface area contributed by atoms with Gasteiger partial charge >= 0.3 is 0 Å². The van der Waals surface area contributed by atoms with E-state index in [1.807, 2.05) is 20.3 Å². The molecular weight excluding hydrogens is 246 g/mol. The molecule has 2 aromatic heterocycles. The minimum atomic E-state index is 0.108. The first-order valence-corrected chi connectivity index (χ1v) is 6.35. The minimum absolute atomic E-state index is 0.108. The Kier molecular flexibility index (Phi) is 3.31. The third kappa shape index (κ3) is 2.39. The molecular formula is C12H17N5O2. The Morgan fingerprint density at radius 3 is 3.11 bits per heavy atom. The Morgan fingerprint density at radius 2 is 2.37 bits per heavy atom. The monoisotopic (exact) mass is 263 g/mol. The second-order valence-electron chi connectivity index (χ2n) is 4.72. The van der Waals surface area contributed by atoms with Crippen LogP contribution in [0, 0.1) is 0 Å². The number of nitrogens with zero attached hydrogens (tertiary/aromatic N) is 4. The minimum Gasteiger partial charge on any atom is -0.381 e. The quantitative estimate of drug-likeness (QED) is 0.872. The second-order valence-corrected chi connectivity index (χ2v) is 4.72. The smallest absolute Gasteiger partial charge is 0.233 e. The van der Waals surface area contributed by atoms with Crippen molar-refractivity contribution in [2.24, 2.45) is 7.05 Å². The fourth-order valence-corrected chi connectivity index (χ4v) is 2.37. The van der Waals surface area contributed by atoms with Gasteiger partial charge < -0.3 is 14.6 Å². The molecule has 1 saturated heterocycles. The van der Waals surface area contributed by atoms with Gasteiger partial charge in [-0.25, -0.2) is 0 Å². The van der Waals surface area contributed by atoms with Gasteiger partial charge in [-0.3, -0.25) is 4.68 Å². The zero-order valence-electron chi connectivity index (χ0n) is 11.0. The highest BCUT2D eigenvalue weighted by Crippen LogP contribution is 2.26. The third-order valence-corrected chi connectivity index (χ3v) is 3.45. The predicted octanol–water partition coefficient (Wildman–Crippen LogP) is 0.562. The van der Waals surface area contributed by atoms with Crippen LogP contribution in [0.1, 0.15) is 18.2 Å². The van der Waals surface area contributed by atoms with E-state index in [2.05, 4.69) is 20.6 Å². The van der Waals surface area contributed by atoms with Crippen molar-refractivity contribution in [1.82, 2.24) is 25.2 Å². The molecule has 2 aromatic rings. The van der Waals surface area contributed by atoms with Gasteiger partial charge in [0.05, 0.1) is 24.3 Å². The van der Waals surface area contributed by atoms with Crippen molar-refractivity contribution >= 4 is 0 Å². The molecule has 0 aliphatic carbocycles. The predicted molar refractivity (Wildman–Crippen MR) is 67.5 cm³/mol. The summed E-state index contributed by atoms with van der Waals surface area (Å²) in [5.41, 5.74) is 0.857. The molecule has 1 aliphatic heterocycles. The summed E-state index contributed by atoms with van der Waals surface area (Å²) in [6.45, 7) is 1.38. The van der Waals surface area contributed by atoms with Gasteiger partial charge in [0.15, 0.2) is 0 Å². The van der Waals surface area contributed by atoms with E-state index in [9.17, 15) is 0 Å². The number of nitrogens with one attached hydrogen (secondary N) is 1. The molecule has 3 rings (SSSR count). The first-order chi connectivity index (χ1) is 9.28. The normalized spacial score (nSPS) is 23.7. The van der Waals surface area contributed by atoms with Crippen LogP contribution in [0.15, 0.2) is 16.9 Å². The maximum Gasteiger partial charge on any atom is 0.233 e. The Bertz CT molecular complexity index is 550. The van der Waals surface area contributed by atoms with E-state index in [4.69, 9.17) is 9.26 Å². The van der Waals surface area contributed by atoms with Crippen LogP contribution >= 0.6 is 0 Å². The van der Waals surface area contributed by atoms with E-state index in [-0.39, 0.29) is 5.92 Å². The molecule has 0 amide bonds. The first kappa shape index (κ1) is 12.3. The lowest BCUT2D eigenvalue weighted by Crippen LogP contribution is -2.39. The molecule has 7 heteroatoms. The summed E-state index contributed by atoms with van der Waals surface area (Å²) >= 11 is 0. The summed E-state index contributed by atoms with van der Waals surface area (Å²) in [5, 5.41) is 11.4. The summed E-state index contributed by atoms with van der Waals surface area (Å²) in [6.07, 6.45) is 4.54. The molecule has 0 saturated carbocycles. The van der Waals surface area contributed by atoms with Gasteiger partial charge in [-0.2, -0.15) is 10.1 Å². The van der Waals surface area contributed by atoms with Crippen LogP contribution in [0.25, 0.3) is 11.4 Å². The summed E-state index contributed by atoms with van der Waals surface area (Å²) < 4.78 is 12.6. The Hall–Kier alpha value is -1.73. The maximum atomic E-state index is 5.50. The lowest BCUT2D eigenvalue weighted by Gasteiger charge is -2.28. The summed E-state index contributed by atoms with van der Waals surface area (Å²) in [4.78, 5) is 4.46. The summed E-state index contributed by atoms with van der Waals surface area (Å²) in [6, 6.07) is 0.316. The molecule has 1 aliphatic rings. The van der Waals surface area contributed by atoms with Gasteiger partial charge in [0.25, 0.3) is 0 Å². The molecule has 1 N–H and O–H groups in total. The van der Waals surface area contributed by atoms with Gasteiger partial charge in [-0.15, -0.1) is 0 Å². The SMILES string of the molecule is CNC1CCOCC1c1nc(-c2cnn(C)c2)no1. The van der Waals surface area contributed by atoms with Crippen molar-refractivity contribution < 1.29 is 9.26 Å². The third-order valence-electron chi connectivity index (χ3n) is 3.45. The Morgan fingerprint density at radius 1 is 1.47 bits per heavy atom. The van der Waals surface area contributed by atoms with E-state index >= 15 is 0 Å². The molecule has 3 heterocycles. The largest absolute Gasteiger partial charge is 0.381 e. The van der Waals surface area contributed by atoms with Crippen LogP contribution in [0.5, 0.6) is 0 Å². The topological polar surface area (TPSA) is 78.0 Å². The highest BCUT2D eigenvalue weighted by Gasteiger charge is 2.30. The molecule has 0 bridgehead atoms. The van der Waals surface area contributed by atoms with E-state index in [1.165, 1.54) is 0 Å². The van der Waals surface area contributed by atoms with Crippen LogP contribution in [0.3, 0.4) is 0 Å². The number of likely N-dealkylation sites (N-methyl/N-ethyl adjacent to an activating group) is 1. The number of aromatic nitrogens is 4. The van der Waals surface area contributed by atoms with E-state index < -0.39 is 0 Å². The lowest BCUT2D eigenvalue weighted by molar-refractivity contribution is 0.0516. The number of rotatable bonds is 3. The van der Waals surface area contributed by atoms with E-state index in [0.717, 1.165) is 18.6 Å². The van der Waals surface area contributed by atoms with Gasteiger partial charge in [-0.1, -0.05) is 5.16 Å². The van der Waals surface area contributed by atoms with Gasteiger partial charge in [-0.05, 0) is 13.5 Å². The molecule has 2 unspecified atom stereocenters. The van der Waals surface area contributed by atoms with Gasteiger partial charge in [0.2, 0.25) is 11.7 Å². The Labute approximate surface area is 110 Å². The van der Waals surface area contributed by atoms with Crippen LogP contribution in [0.2, 0.25) is 0 Å². The van der Waals surface area contributed by atoms with Crippen molar-refractivity contribution in [3.63, 3.8) is 0 Å². The zero-order chi connectivity index (χ0) is 13.2. The number of hydrogen-bond acceptors (Lipinski definition) is 6. The van der Waals surface area contributed by atoms with E-state index in [0.29, 0.717) is 24.4 Å². The van der Waals surface area contributed by atoms with Crippen LogP contribution < -0.4 is 5.32 Å². The van der Waals surface area contributed by atoms with Gasteiger partial charge in [0.1, 0.15) is 0 Å². The molecule has 1 fully saturated rings. The van der Waals surface area contributed by atoms with Gasteiger partial charge in [0, 0.05) is 25.9 Å². The highest BCUT2D eigenvalue weighted by molar-refractivity contribution is 5.51. The van der Waals surface area contributed by atoms with Crippen molar-refractivity contribution in [1.29, 1.82) is 0 Å².